The number of carbonyl (C=O) groups excluding carboxylic acids is 1. The van der Waals surface area contributed by atoms with Gasteiger partial charge in [0.2, 0.25) is 5.91 Å². The second-order valence-corrected chi connectivity index (χ2v) is 7.82. The number of thiophene rings is 1. The summed E-state index contributed by atoms with van der Waals surface area (Å²) >= 11 is 1.66. The molecule has 3 nitrogen and oxygen atoms in total. The molecule has 25 heavy (non-hydrogen) atoms. The third-order valence-electron chi connectivity index (χ3n) is 5.01. The molecule has 1 fully saturated rings. The van der Waals surface area contributed by atoms with E-state index in [-0.39, 0.29) is 17.8 Å². The number of benzene rings is 1. The number of rotatable bonds is 6. The normalized spacial score (nSPS) is 17.4. The van der Waals surface area contributed by atoms with Crippen molar-refractivity contribution in [2.45, 2.75) is 38.8 Å². The summed E-state index contributed by atoms with van der Waals surface area (Å²) in [5, 5.41) is 5.05. The number of hydrogen-bond donors (Lipinski definition) is 1. The molecule has 1 N–H and O–H groups in total. The molecule has 0 aliphatic carbocycles. The van der Waals surface area contributed by atoms with Crippen LogP contribution in [0.3, 0.4) is 0 Å². The van der Waals surface area contributed by atoms with Crippen LogP contribution in [0.5, 0.6) is 0 Å². The molecule has 0 spiro atoms. The monoisotopic (exact) mass is 360 g/mol. The third kappa shape index (κ3) is 5.13. The Morgan fingerprint density at radius 3 is 2.80 bits per heavy atom. The van der Waals surface area contributed by atoms with Crippen LogP contribution in [0.25, 0.3) is 0 Å². The van der Waals surface area contributed by atoms with E-state index in [1.165, 1.54) is 10.9 Å². The molecule has 1 aromatic heterocycles. The second-order valence-electron chi connectivity index (χ2n) is 6.79. The van der Waals surface area contributed by atoms with Gasteiger partial charge in [0, 0.05) is 4.88 Å². The fourth-order valence-corrected chi connectivity index (χ4v) is 4.09. The molecule has 5 heteroatoms. The lowest BCUT2D eigenvalue weighted by Crippen LogP contribution is -2.48. The number of hydrogen-bond acceptors (Lipinski definition) is 3. The van der Waals surface area contributed by atoms with Crippen LogP contribution in [0.15, 0.2) is 41.8 Å². The number of piperidine rings is 1. The summed E-state index contributed by atoms with van der Waals surface area (Å²) in [6, 6.07) is 10.8. The number of amides is 1. The van der Waals surface area contributed by atoms with Crippen molar-refractivity contribution in [1.82, 2.24) is 10.2 Å². The SMILES string of the molecule is CC(C(=O)NCc1cccs1)N1CCC(Cc2cccc(F)c2)CC1. The van der Waals surface area contributed by atoms with Crippen molar-refractivity contribution in [3.8, 4) is 0 Å². The fraction of sp³-hybridized carbons (Fsp3) is 0.450. The van der Waals surface area contributed by atoms with Gasteiger partial charge >= 0.3 is 0 Å². The van der Waals surface area contributed by atoms with Crippen molar-refractivity contribution < 1.29 is 9.18 Å². The Labute approximate surface area is 152 Å². The van der Waals surface area contributed by atoms with E-state index in [0.29, 0.717) is 12.5 Å². The predicted octanol–water partition coefficient (Wildman–Crippen LogP) is 3.85. The van der Waals surface area contributed by atoms with Crippen molar-refractivity contribution in [2.75, 3.05) is 13.1 Å². The number of carbonyl (C=O) groups is 1. The van der Waals surface area contributed by atoms with E-state index in [0.717, 1.165) is 37.9 Å². The lowest BCUT2D eigenvalue weighted by molar-refractivity contribution is -0.126. The smallest absolute Gasteiger partial charge is 0.237 e. The number of likely N-dealkylation sites (tertiary alicyclic amines) is 1. The molecule has 1 aliphatic heterocycles. The lowest BCUT2D eigenvalue weighted by atomic mass is 9.89. The van der Waals surface area contributed by atoms with Crippen LogP contribution >= 0.6 is 11.3 Å². The highest BCUT2D eigenvalue weighted by Crippen LogP contribution is 2.23. The van der Waals surface area contributed by atoms with Gasteiger partial charge in [0.1, 0.15) is 5.82 Å². The van der Waals surface area contributed by atoms with Crippen molar-refractivity contribution in [1.29, 1.82) is 0 Å². The molecule has 1 aromatic carbocycles. The highest BCUT2D eigenvalue weighted by molar-refractivity contribution is 7.09. The van der Waals surface area contributed by atoms with Crippen LogP contribution in [-0.4, -0.2) is 29.9 Å². The minimum Gasteiger partial charge on any atom is -0.350 e. The largest absolute Gasteiger partial charge is 0.350 e. The summed E-state index contributed by atoms with van der Waals surface area (Å²) in [7, 11) is 0. The minimum atomic E-state index is -0.161. The maximum atomic E-state index is 13.3. The van der Waals surface area contributed by atoms with Gasteiger partial charge < -0.3 is 5.32 Å². The van der Waals surface area contributed by atoms with E-state index in [9.17, 15) is 9.18 Å². The van der Waals surface area contributed by atoms with Crippen LogP contribution < -0.4 is 5.32 Å². The van der Waals surface area contributed by atoms with E-state index in [4.69, 9.17) is 0 Å². The van der Waals surface area contributed by atoms with Crippen molar-refractivity contribution in [3.63, 3.8) is 0 Å². The fourth-order valence-electron chi connectivity index (χ4n) is 3.44. The lowest BCUT2D eigenvalue weighted by Gasteiger charge is -2.35. The Hall–Kier alpha value is -1.72. The van der Waals surface area contributed by atoms with Gasteiger partial charge in [0.05, 0.1) is 12.6 Å². The number of halogens is 1. The molecule has 3 rings (SSSR count). The predicted molar refractivity (Wildman–Crippen MR) is 100 cm³/mol. The maximum Gasteiger partial charge on any atom is 0.237 e. The van der Waals surface area contributed by atoms with Crippen LogP contribution in [0.4, 0.5) is 4.39 Å². The first kappa shape index (κ1) is 18.1. The molecule has 1 amide bonds. The molecule has 2 aromatic rings. The van der Waals surface area contributed by atoms with Crippen LogP contribution in [0, 0.1) is 11.7 Å². The second kappa shape index (κ2) is 8.59. The van der Waals surface area contributed by atoms with Crippen LogP contribution in [0.2, 0.25) is 0 Å². The first-order valence-electron chi connectivity index (χ1n) is 8.90. The molecular formula is C20H25FN2OS. The maximum absolute atomic E-state index is 13.3. The molecule has 1 saturated heterocycles. The number of nitrogens with one attached hydrogen (secondary N) is 1. The molecule has 1 atom stereocenters. The van der Waals surface area contributed by atoms with Gasteiger partial charge in [0.15, 0.2) is 0 Å². The standard InChI is InChI=1S/C20H25FN2OS/c1-15(20(24)22-14-19-6-3-11-25-19)23-9-7-16(8-10-23)12-17-4-2-5-18(21)13-17/h2-6,11,13,15-16H,7-10,12,14H2,1H3,(H,22,24). The van der Waals surface area contributed by atoms with Crippen LogP contribution in [-0.2, 0) is 17.8 Å². The molecule has 0 radical (unpaired) electrons. The zero-order chi connectivity index (χ0) is 17.6. The van der Waals surface area contributed by atoms with Crippen LogP contribution in [0.1, 0.15) is 30.2 Å². The summed E-state index contributed by atoms with van der Waals surface area (Å²) in [5.74, 6) is 0.502. The van der Waals surface area contributed by atoms with Gasteiger partial charge in [-0.25, -0.2) is 4.39 Å². The van der Waals surface area contributed by atoms with Gasteiger partial charge in [-0.2, -0.15) is 0 Å². The van der Waals surface area contributed by atoms with Crippen molar-refractivity contribution in [3.05, 3.63) is 58.0 Å². The van der Waals surface area contributed by atoms with Gasteiger partial charge in [0.25, 0.3) is 0 Å². The van der Waals surface area contributed by atoms with Gasteiger partial charge in [-0.15, -0.1) is 11.3 Å². The summed E-state index contributed by atoms with van der Waals surface area (Å²) in [6.07, 6.45) is 3.03. The highest BCUT2D eigenvalue weighted by Gasteiger charge is 2.26. The van der Waals surface area contributed by atoms with E-state index < -0.39 is 0 Å². The Morgan fingerprint density at radius 2 is 2.12 bits per heavy atom. The average molecular weight is 360 g/mol. The molecule has 1 unspecified atom stereocenters. The molecular weight excluding hydrogens is 335 g/mol. The summed E-state index contributed by atoms with van der Waals surface area (Å²) < 4.78 is 13.3. The zero-order valence-corrected chi connectivity index (χ0v) is 15.4. The number of nitrogens with zero attached hydrogens (tertiary/aromatic N) is 1. The Morgan fingerprint density at radius 1 is 1.32 bits per heavy atom. The van der Waals surface area contributed by atoms with Crippen molar-refractivity contribution >= 4 is 17.2 Å². The first-order valence-corrected chi connectivity index (χ1v) is 9.78. The molecule has 0 saturated carbocycles. The summed E-state index contributed by atoms with van der Waals surface area (Å²) in [6.45, 7) is 4.44. The third-order valence-corrected chi connectivity index (χ3v) is 5.88. The topological polar surface area (TPSA) is 32.3 Å². The highest BCUT2D eigenvalue weighted by atomic mass is 32.1. The van der Waals surface area contributed by atoms with Crippen molar-refractivity contribution in [2.24, 2.45) is 5.92 Å². The van der Waals surface area contributed by atoms with E-state index in [1.807, 2.05) is 30.5 Å². The Balaban J connectivity index is 1.44. The van der Waals surface area contributed by atoms with Gasteiger partial charge in [-0.1, -0.05) is 18.2 Å². The molecule has 2 heterocycles. The van der Waals surface area contributed by atoms with Gasteiger partial charge in [-0.05, 0) is 74.3 Å². The zero-order valence-electron chi connectivity index (χ0n) is 14.6. The minimum absolute atomic E-state index is 0.0944. The molecule has 1 aliphatic rings. The van der Waals surface area contributed by atoms with E-state index >= 15 is 0 Å². The summed E-state index contributed by atoms with van der Waals surface area (Å²) in [4.78, 5) is 15.8. The Kier molecular flexibility index (Phi) is 6.21. The average Bonchev–Trinajstić information content (AvgIpc) is 3.13. The van der Waals surface area contributed by atoms with E-state index in [1.54, 1.807) is 23.5 Å². The first-order chi connectivity index (χ1) is 12.1. The summed E-state index contributed by atoms with van der Waals surface area (Å²) in [5.41, 5.74) is 1.07. The van der Waals surface area contributed by atoms with E-state index in [2.05, 4.69) is 10.2 Å². The quantitative estimate of drug-likeness (QED) is 0.849. The molecule has 134 valence electrons. The van der Waals surface area contributed by atoms with Gasteiger partial charge in [-0.3, -0.25) is 9.69 Å². The molecule has 0 bridgehead atoms. The Bertz CT molecular complexity index is 681.